The SMILES string of the molecule is Cc1cc(C2Oc3cc(-c4cnc(C5CCCN5C(=O)C(NC(=O)O)C5CCOCC5)[nH]4)cc(F)c3-c3cc4cc(-c5cnc(C6CCCN6C(=O)OC(C)(C)C)[nH]5)ccc4n32)sc1C. The quantitative estimate of drug-likeness (QED) is 0.116. The molecule has 4 N–H and O–H groups in total. The first-order valence-corrected chi connectivity index (χ1v) is 23.2. The fourth-order valence-electron chi connectivity index (χ4n) is 9.96. The summed E-state index contributed by atoms with van der Waals surface area (Å²) in [7, 11) is 0. The molecular weight excluding hydrogens is 852 g/mol. The number of halogens is 1. The second-order valence-corrected chi connectivity index (χ2v) is 19.9. The number of thiophene rings is 1. The van der Waals surface area contributed by atoms with E-state index in [0.717, 1.165) is 51.9 Å². The minimum Gasteiger partial charge on any atom is -0.465 e. The Balaban J connectivity index is 0.966. The van der Waals surface area contributed by atoms with Crippen LogP contribution < -0.4 is 10.1 Å². The number of ether oxygens (including phenoxy) is 3. The summed E-state index contributed by atoms with van der Waals surface area (Å²) in [6.07, 6.45) is 5.47. The molecule has 65 heavy (non-hydrogen) atoms. The van der Waals surface area contributed by atoms with Crippen molar-refractivity contribution in [3.05, 3.63) is 87.6 Å². The standard InChI is InChI=1S/C48H53FN8O7S/c1-25-18-39(65-26(25)2)45-57-34-11-10-28(32-23-50-43(52-32)36-9-7-15-56(36)47(61)64-48(3,4)5)19-30(34)21-37(57)40-31(49)20-29(22-38(40)63-45)33-24-51-42(53-33)35-8-6-14-55(35)44(58)41(54-46(59)60)27-12-16-62-17-13-27/h10-11,18-24,27,35-36,41,45,54H,6-9,12-17H2,1-5H3,(H,50,52)(H,51,53)(H,59,60). The van der Waals surface area contributed by atoms with Crippen molar-refractivity contribution in [1.82, 2.24) is 39.6 Å². The molecule has 340 valence electrons. The number of amides is 3. The first-order chi connectivity index (χ1) is 31.2. The molecule has 6 aromatic rings. The second kappa shape index (κ2) is 16.7. The van der Waals surface area contributed by atoms with Crippen molar-refractivity contribution >= 4 is 40.3 Å². The van der Waals surface area contributed by atoms with Gasteiger partial charge in [0.25, 0.3) is 0 Å². The normalized spacial score (nSPS) is 20.4. The van der Waals surface area contributed by atoms with E-state index in [1.54, 1.807) is 33.5 Å². The van der Waals surface area contributed by atoms with Crippen molar-refractivity contribution < 1.29 is 38.1 Å². The molecule has 10 rings (SSSR count). The van der Waals surface area contributed by atoms with Gasteiger partial charge in [-0.15, -0.1) is 11.3 Å². The summed E-state index contributed by atoms with van der Waals surface area (Å²) in [5.74, 6) is 0.742. The van der Waals surface area contributed by atoms with Crippen LogP contribution in [0.5, 0.6) is 5.75 Å². The highest BCUT2D eigenvalue weighted by Gasteiger charge is 2.41. The minimum atomic E-state index is -1.24. The fourth-order valence-corrected chi connectivity index (χ4v) is 11.0. The number of hydrogen-bond acceptors (Lipinski definition) is 9. The summed E-state index contributed by atoms with van der Waals surface area (Å²) in [4.78, 5) is 60.8. The van der Waals surface area contributed by atoms with Gasteiger partial charge in [0.1, 0.15) is 34.9 Å². The third-order valence-corrected chi connectivity index (χ3v) is 14.4. The lowest BCUT2D eigenvalue weighted by molar-refractivity contribution is -0.136. The van der Waals surface area contributed by atoms with Gasteiger partial charge in [-0.2, -0.15) is 0 Å². The number of likely N-dealkylation sites (tertiary alicyclic amines) is 2. The Bertz CT molecular complexity index is 2800. The molecule has 0 spiro atoms. The highest BCUT2D eigenvalue weighted by molar-refractivity contribution is 7.12. The van der Waals surface area contributed by atoms with Gasteiger partial charge in [-0.1, -0.05) is 6.07 Å². The summed E-state index contributed by atoms with van der Waals surface area (Å²) in [6.45, 7) is 11.8. The summed E-state index contributed by atoms with van der Waals surface area (Å²) in [5, 5.41) is 13.0. The van der Waals surface area contributed by atoms with E-state index in [1.807, 2.05) is 45.0 Å². The van der Waals surface area contributed by atoms with Gasteiger partial charge in [0, 0.05) is 47.7 Å². The Morgan fingerprint density at radius 2 is 1.58 bits per heavy atom. The monoisotopic (exact) mass is 904 g/mol. The Morgan fingerprint density at radius 3 is 2.25 bits per heavy atom. The van der Waals surface area contributed by atoms with Crippen molar-refractivity contribution in [1.29, 1.82) is 0 Å². The molecule has 8 heterocycles. The van der Waals surface area contributed by atoms with Crippen molar-refractivity contribution in [2.75, 3.05) is 26.3 Å². The summed E-state index contributed by atoms with van der Waals surface area (Å²) in [5.41, 5.74) is 5.24. The predicted octanol–water partition coefficient (Wildman–Crippen LogP) is 9.64. The zero-order valence-electron chi connectivity index (χ0n) is 37.1. The Morgan fingerprint density at radius 1 is 0.908 bits per heavy atom. The molecule has 4 aliphatic heterocycles. The van der Waals surface area contributed by atoms with Crippen LogP contribution in [0.1, 0.15) is 105 Å². The number of aryl methyl sites for hydroxylation is 2. The number of carbonyl (C=O) groups excluding carboxylic acids is 2. The van der Waals surface area contributed by atoms with Crippen molar-refractivity contribution in [3.8, 4) is 39.5 Å². The van der Waals surface area contributed by atoms with Gasteiger partial charge in [0.05, 0.1) is 57.5 Å². The van der Waals surface area contributed by atoms with Gasteiger partial charge in [0.2, 0.25) is 12.1 Å². The van der Waals surface area contributed by atoms with E-state index in [0.29, 0.717) is 85.5 Å². The van der Waals surface area contributed by atoms with E-state index >= 15 is 4.39 Å². The zero-order valence-corrected chi connectivity index (χ0v) is 37.9. The smallest absolute Gasteiger partial charge is 0.410 e. The van der Waals surface area contributed by atoms with Gasteiger partial charge >= 0.3 is 12.2 Å². The zero-order chi connectivity index (χ0) is 45.3. The molecule has 0 saturated carbocycles. The number of nitrogens with one attached hydrogen (secondary N) is 3. The van der Waals surface area contributed by atoms with E-state index in [1.165, 1.54) is 10.9 Å². The number of nitrogens with zero attached hydrogens (tertiary/aromatic N) is 5. The third-order valence-electron chi connectivity index (χ3n) is 13.2. The molecule has 4 aliphatic rings. The maximum Gasteiger partial charge on any atom is 0.410 e. The number of benzene rings is 2. The van der Waals surface area contributed by atoms with Crippen molar-refractivity contribution in [2.24, 2.45) is 5.92 Å². The molecule has 0 bridgehead atoms. The van der Waals surface area contributed by atoms with E-state index in [4.69, 9.17) is 24.2 Å². The summed E-state index contributed by atoms with van der Waals surface area (Å²) in [6, 6.07) is 12.1. The molecule has 3 saturated heterocycles. The molecule has 0 aliphatic carbocycles. The molecule has 4 atom stereocenters. The Labute approximate surface area is 379 Å². The highest BCUT2D eigenvalue weighted by Crippen LogP contribution is 2.49. The lowest BCUT2D eigenvalue weighted by Gasteiger charge is -2.33. The van der Waals surface area contributed by atoms with Gasteiger partial charge in [-0.3, -0.25) is 14.3 Å². The summed E-state index contributed by atoms with van der Waals surface area (Å²) >= 11 is 1.65. The molecule has 4 unspecified atom stereocenters. The average molecular weight is 905 g/mol. The maximum absolute atomic E-state index is 16.9. The number of hydrogen-bond donors (Lipinski definition) is 4. The highest BCUT2D eigenvalue weighted by atomic mass is 32.1. The number of aromatic amines is 2. The van der Waals surface area contributed by atoms with Crippen LogP contribution in [0.15, 0.2) is 54.9 Å². The van der Waals surface area contributed by atoms with E-state index in [9.17, 15) is 19.5 Å². The van der Waals surface area contributed by atoms with Gasteiger partial charge in [0.15, 0.2) is 0 Å². The number of carbonyl (C=O) groups is 3. The number of imidazole rings is 2. The van der Waals surface area contributed by atoms with Crippen LogP contribution in [-0.4, -0.2) is 95.4 Å². The molecule has 3 amide bonds. The molecule has 17 heteroatoms. The van der Waals surface area contributed by atoms with Crippen LogP contribution in [-0.2, 0) is 14.3 Å². The number of carboxylic acid groups (broad SMARTS) is 1. The maximum atomic E-state index is 16.9. The minimum absolute atomic E-state index is 0.169. The van der Waals surface area contributed by atoms with E-state index in [-0.39, 0.29) is 24.0 Å². The molecule has 0 radical (unpaired) electrons. The Hall–Kier alpha value is -6.20. The number of aromatic nitrogens is 5. The number of fused-ring (bicyclic) bond motifs is 5. The summed E-state index contributed by atoms with van der Waals surface area (Å²) < 4.78 is 37.0. The lowest BCUT2D eigenvalue weighted by atomic mass is 9.90. The molecule has 4 aromatic heterocycles. The van der Waals surface area contributed by atoms with Crippen LogP contribution >= 0.6 is 11.3 Å². The molecule has 3 fully saturated rings. The van der Waals surface area contributed by atoms with Crippen LogP contribution in [0.25, 0.3) is 44.7 Å². The predicted molar refractivity (Wildman–Crippen MR) is 242 cm³/mol. The van der Waals surface area contributed by atoms with Crippen LogP contribution in [0.4, 0.5) is 14.0 Å². The van der Waals surface area contributed by atoms with Crippen molar-refractivity contribution in [2.45, 2.75) is 103 Å². The van der Waals surface area contributed by atoms with Crippen LogP contribution in [0, 0.1) is 25.6 Å². The Kier molecular flexibility index (Phi) is 11.0. The van der Waals surface area contributed by atoms with Crippen molar-refractivity contribution in [3.63, 3.8) is 0 Å². The largest absolute Gasteiger partial charge is 0.465 e. The average Bonchev–Trinajstić information content (AvgIpc) is 4.13. The number of H-pyrrole nitrogens is 2. The van der Waals surface area contributed by atoms with E-state index < -0.39 is 35.8 Å². The fraction of sp³-hybridized carbons (Fsp3) is 0.438. The van der Waals surface area contributed by atoms with E-state index in [2.05, 4.69) is 45.8 Å². The lowest BCUT2D eigenvalue weighted by Crippen LogP contribution is -2.52. The first-order valence-electron chi connectivity index (χ1n) is 22.4. The first kappa shape index (κ1) is 42.7. The van der Waals surface area contributed by atoms with Crippen LogP contribution in [0.3, 0.4) is 0 Å². The third kappa shape index (κ3) is 8.02. The second-order valence-electron chi connectivity index (χ2n) is 18.6. The number of rotatable bonds is 8. The molecule has 2 aromatic carbocycles. The van der Waals surface area contributed by atoms with Crippen LogP contribution in [0.2, 0.25) is 0 Å². The van der Waals surface area contributed by atoms with Gasteiger partial charge in [-0.25, -0.2) is 23.9 Å². The van der Waals surface area contributed by atoms with Gasteiger partial charge in [-0.05, 0) is 121 Å². The topological polar surface area (TPSA) is 180 Å². The van der Waals surface area contributed by atoms with Gasteiger partial charge < -0.3 is 39.5 Å². The molecular formula is C48H53FN8O7S. The molecule has 15 nitrogen and oxygen atoms in total.